The third kappa shape index (κ3) is 4.96. The standard InChI is InChI=1S/C29H21F/c1-2-3-22-4-6-23(7-5-22)8-9-24-10-12-25(13-11-24)14-15-26-16-17-28-21-29(30)19-18-27(28)20-26/h4-7,10-13,16-21H,2-3H2,1H3. The van der Waals surface area contributed by atoms with Crippen LogP contribution in [0.5, 0.6) is 0 Å². The highest BCUT2D eigenvalue weighted by atomic mass is 19.1. The first kappa shape index (κ1) is 19.5. The molecule has 0 saturated carbocycles. The van der Waals surface area contributed by atoms with Gasteiger partial charge in [0.1, 0.15) is 5.82 Å². The van der Waals surface area contributed by atoms with Gasteiger partial charge < -0.3 is 0 Å². The third-order valence-electron chi connectivity index (χ3n) is 4.88. The van der Waals surface area contributed by atoms with Crippen molar-refractivity contribution in [2.45, 2.75) is 19.8 Å². The summed E-state index contributed by atoms with van der Waals surface area (Å²) in [6.45, 7) is 2.19. The second-order valence-corrected chi connectivity index (χ2v) is 7.23. The van der Waals surface area contributed by atoms with E-state index in [2.05, 4.69) is 54.9 Å². The molecule has 4 rings (SSSR count). The zero-order valence-electron chi connectivity index (χ0n) is 16.9. The summed E-state index contributed by atoms with van der Waals surface area (Å²) in [5, 5.41) is 1.86. The van der Waals surface area contributed by atoms with Crippen LogP contribution in [0.3, 0.4) is 0 Å². The Hall–Kier alpha value is -3.81. The van der Waals surface area contributed by atoms with Crippen LogP contribution >= 0.6 is 0 Å². The third-order valence-corrected chi connectivity index (χ3v) is 4.88. The van der Waals surface area contributed by atoms with Crippen molar-refractivity contribution in [3.8, 4) is 23.7 Å². The summed E-state index contributed by atoms with van der Waals surface area (Å²) >= 11 is 0. The lowest BCUT2D eigenvalue weighted by atomic mass is 10.1. The fourth-order valence-corrected chi connectivity index (χ4v) is 3.26. The van der Waals surface area contributed by atoms with Gasteiger partial charge in [0.15, 0.2) is 0 Å². The largest absolute Gasteiger partial charge is 0.207 e. The molecule has 0 bridgehead atoms. The summed E-state index contributed by atoms with van der Waals surface area (Å²) in [5.41, 5.74) is 5.18. The molecule has 0 heterocycles. The Morgan fingerprint density at radius 2 is 1.03 bits per heavy atom. The molecule has 4 aromatic rings. The van der Waals surface area contributed by atoms with E-state index in [1.54, 1.807) is 6.07 Å². The maximum atomic E-state index is 13.3. The highest BCUT2D eigenvalue weighted by molar-refractivity contribution is 5.84. The van der Waals surface area contributed by atoms with E-state index in [1.165, 1.54) is 17.7 Å². The minimum absolute atomic E-state index is 0.224. The summed E-state index contributed by atoms with van der Waals surface area (Å²) in [5.74, 6) is 12.6. The van der Waals surface area contributed by atoms with Gasteiger partial charge in [0.05, 0.1) is 0 Å². The van der Waals surface area contributed by atoms with Gasteiger partial charge in [-0.1, -0.05) is 61.3 Å². The van der Waals surface area contributed by atoms with Crippen molar-refractivity contribution in [3.05, 3.63) is 119 Å². The smallest absolute Gasteiger partial charge is 0.123 e. The van der Waals surface area contributed by atoms with Crippen LogP contribution in [0, 0.1) is 29.5 Å². The van der Waals surface area contributed by atoms with Crippen molar-refractivity contribution in [3.63, 3.8) is 0 Å². The Bertz CT molecular complexity index is 1290. The molecular weight excluding hydrogens is 367 g/mol. The molecule has 1 heteroatoms. The SMILES string of the molecule is CCCc1ccc(C#Cc2ccc(C#Cc3ccc4cc(F)ccc4c3)cc2)cc1. The molecule has 0 amide bonds. The number of rotatable bonds is 2. The van der Waals surface area contributed by atoms with Crippen LogP contribution in [-0.4, -0.2) is 0 Å². The van der Waals surface area contributed by atoms with Gasteiger partial charge in [-0.2, -0.15) is 0 Å². The monoisotopic (exact) mass is 388 g/mol. The van der Waals surface area contributed by atoms with Gasteiger partial charge in [0, 0.05) is 22.3 Å². The normalized spacial score (nSPS) is 10.1. The predicted octanol–water partition coefficient (Wildman–Crippen LogP) is 6.73. The molecule has 0 aliphatic rings. The van der Waals surface area contributed by atoms with Crippen LogP contribution in [0.4, 0.5) is 4.39 Å². The Balaban J connectivity index is 1.46. The summed E-state index contributed by atoms with van der Waals surface area (Å²) in [4.78, 5) is 0. The van der Waals surface area contributed by atoms with Crippen LogP contribution < -0.4 is 0 Å². The van der Waals surface area contributed by atoms with E-state index in [1.807, 2.05) is 42.5 Å². The maximum Gasteiger partial charge on any atom is 0.123 e. The Morgan fingerprint density at radius 3 is 1.63 bits per heavy atom. The molecule has 0 aromatic heterocycles. The van der Waals surface area contributed by atoms with Gasteiger partial charge >= 0.3 is 0 Å². The molecule has 0 saturated heterocycles. The molecular formula is C29H21F. The van der Waals surface area contributed by atoms with E-state index in [0.29, 0.717) is 0 Å². The number of halogens is 1. The van der Waals surface area contributed by atoms with Gasteiger partial charge in [-0.3, -0.25) is 0 Å². The first-order valence-electron chi connectivity index (χ1n) is 10.1. The van der Waals surface area contributed by atoms with E-state index in [4.69, 9.17) is 0 Å². The number of fused-ring (bicyclic) bond motifs is 1. The van der Waals surface area contributed by atoms with Crippen molar-refractivity contribution in [1.82, 2.24) is 0 Å². The minimum atomic E-state index is -0.224. The number of benzene rings is 4. The van der Waals surface area contributed by atoms with Crippen LogP contribution in [-0.2, 0) is 6.42 Å². The number of hydrogen-bond acceptors (Lipinski definition) is 0. The van der Waals surface area contributed by atoms with E-state index in [0.717, 1.165) is 45.9 Å². The van der Waals surface area contributed by atoms with Crippen LogP contribution in [0.1, 0.15) is 41.2 Å². The molecule has 30 heavy (non-hydrogen) atoms. The van der Waals surface area contributed by atoms with E-state index in [-0.39, 0.29) is 5.82 Å². The fraction of sp³-hybridized carbons (Fsp3) is 0.103. The molecule has 0 atom stereocenters. The van der Waals surface area contributed by atoms with Crippen LogP contribution in [0.25, 0.3) is 10.8 Å². The Labute approximate surface area is 177 Å². The quantitative estimate of drug-likeness (QED) is 0.334. The molecule has 0 fully saturated rings. The minimum Gasteiger partial charge on any atom is -0.207 e. The lowest BCUT2D eigenvalue weighted by Crippen LogP contribution is -1.83. The van der Waals surface area contributed by atoms with Gasteiger partial charge in [0.2, 0.25) is 0 Å². The first-order chi connectivity index (χ1) is 14.7. The highest BCUT2D eigenvalue weighted by Crippen LogP contribution is 2.17. The zero-order chi connectivity index (χ0) is 20.8. The van der Waals surface area contributed by atoms with Gasteiger partial charge in [0.25, 0.3) is 0 Å². The van der Waals surface area contributed by atoms with Crippen LogP contribution in [0.2, 0.25) is 0 Å². The van der Waals surface area contributed by atoms with E-state index >= 15 is 0 Å². The topological polar surface area (TPSA) is 0 Å². The molecule has 0 aliphatic heterocycles. The molecule has 4 aromatic carbocycles. The molecule has 0 spiro atoms. The first-order valence-corrected chi connectivity index (χ1v) is 10.1. The molecule has 144 valence electrons. The zero-order valence-corrected chi connectivity index (χ0v) is 16.9. The predicted molar refractivity (Wildman–Crippen MR) is 123 cm³/mol. The van der Waals surface area contributed by atoms with Crippen molar-refractivity contribution in [2.24, 2.45) is 0 Å². The van der Waals surface area contributed by atoms with E-state index < -0.39 is 0 Å². The lowest BCUT2D eigenvalue weighted by molar-refractivity contribution is 0.630. The van der Waals surface area contributed by atoms with Gasteiger partial charge in [-0.15, -0.1) is 0 Å². The van der Waals surface area contributed by atoms with E-state index in [9.17, 15) is 4.39 Å². The molecule has 0 radical (unpaired) electrons. The summed E-state index contributed by atoms with van der Waals surface area (Å²) in [7, 11) is 0. The van der Waals surface area contributed by atoms with Crippen molar-refractivity contribution >= 4 is 10.8 Å². The Morgan fingerprint density at radius 1 is 0.567 bits per heavy atom. The average molecular weight is 388 g/mol. The summed E-state index contributed by atoms with van der Waals surface area (Å²) < 4.78 is 13.3. The molecule has 0 aliphatic carbocycles. The summed E-state index contributed by atoms with van der Waals surface area (Å²) in [6.07, 6.45) is 2.26. The van der Waals surface area contributed by atoms with Crippen LogP contribution in [0.15, 0.2) is 84.9 Å². The van der Waals surface area contributed by atoms with Crippen molar-refractivity contribution < 1.29 is 4.39 Å². The molecule has 0 nitrogen and oxygen atoms in total. The molecule has 0 N–H and O–H groups in total. The fourth-order valence-electron chi connectivity index (χ4n) is 3.26. The number of hydrogen-bond donors (Lipinski definition) is 0. The van der Waals surface area contributed by atoms with Crippen molar-refractivity contribution in [2.75, 3.05) is 0 Å². The summed E-state index contributed by atoms with van der Waals surface area (Å²) in [6, 6.07) is 27.0. The lowest BCUT2D eigenvalue weighted by Gasteiger charge is -1.98. The van der Waals surface area contributed by atoms with Gasteiger partial charge in [-0.25, -0.2) is 4.39 Å². The van der Waals surface area contributed by atoms with Gasteiger partial charge in [-0.05, 0) is 83.4 Å². The maximum absolute atomic E-state index is 13.3. The highest BCUT2D eigenvalue weighted by Gasteiger charge is 1.97. The van der Waals surface area contributed by atoms with Crippen molar-refractivity contribution in [1.29, 1.82) is 0 Å². The second kappa shape index (κ2) is 9.13. The second-order valence-electron chi connectivity index (χ2n) is 7.23. The number of aryl methyl sites for hydroxylation is 1. The molecule has 0 unspecified atom stereocenters. The average Bonchev–Trinajstić information content (AvgIpc) is 2.78. The Kier molecular flexibility index (Phi) is 5.93.